The molecule has 3 rings (SSSR count). The predicted molar refractivity (Wildman–Crippen MR) is 81.9 cm³/mol. The summed E-state index contributed by atoms with van der Waals surface area (Å²) in [4.78, 5) is 0. The third kappa shape index (κ3) is 3.10. The van der Waals surface area contributed by atoms with Crippen molar-refractivity contribution in [2.75, 3.05) is 24.7 Å². The Kier molecular flexibility index (Phi) is 4.08. The third-order valence-corrected chi connectivity index (χ3v) is 5.37. The number of nitrogens with one attached hydrogen (secondary N) is 1. The van der Waals surface area contributed by atoms with Crippen molar-refractivity contribution in [2.45, 2.75) is 25.0 Å². The molecule has 104 valence electrons. The minimum atomic E-state index is -0.527. The average molecular weight is 344 g/mol. The topological polar surface area (TPSA) is 41.5 Å². The van der Waals surface area contributed by atoms with E-state index in [-0.39, 0.29) is 0 Å². The first kappa shape index (κ1) is 13.7. The fourth-order valence-corrected chi connectivity index (χ4v) is 4.49. The molecule has 2 aliphatic heterocycles. The highest BCUT2D eigenvalue weighted by Crippen LogP contribution is 2.33. The summed E-state index contributed by atoms with van der Waals surface area (Å²) in [6, 6.07) is 4.23. The molecule has 2 heterocycles. The monoisotopic (exact) mass is 343 g/mol. The van der Waals surface area contributed by atoms with Crippen LogP contribution >= 0.6 is 27.7 Å². The van der Waals surface area contributed by atoms with Crippen LogP contribution in [0.25, 0.3) is 0 Å². The van der Waals surface area contributed by atoms with Crippen molar-refractivity contribution >= 4 is 27.7 Å². The number of hydrogen-bond acceptors (Lipinski definition) is 4. The van der Waals surface area contributed by atoms with Gasteiger partial charge in [0.1, 0.15) is 5.75 Å². The van der Waals surface area contributed by atoms with Crippen LogP contribution in [0.3, 0.4) is 0 Å². The highest BCUT2D eigenvalue weighted by molar-refractivity contribution is 9.10. The van der Waals surface area contributed by atoms with Crippen molar-refractivity contribution in [3.8, 4) is 5.75 Å². The lowest BCUT2D eigenvalue weighted by atomic mass is 10.0. The van der Waals surface area contributed by atoms with E-state index in [1.54, 1.807) is 0 Å². The van der Waals surface area contributed by atoms with Crippen LogP contribution in [0.2, 0.25) is 0 Å². The van der Waals surface area contributed by atoms with E-state index in [1.165, 1.54) is 11.1 Å². The first-order chi connectivity index (χ1) is 9.16. The molecule has 0 spiro atoms. The third-order valence-electron chi connectivity index (χ3n) is 3.68. The van der Waals surface area contributed by atoms with E-state index in [0.717, 1.165) is 47.7 Å². The first-order valence-electron chi connectivity index (χ1n) is 6.61. The van der Waals surface area contributed by atoms with Gasteiger partial charge in [-0.05, 0) is 29.9 Å². The molecule has 1 atom stereocenters. The summed E-state index contributed by atoms with van der Waals surface area (Å²) in [7, 11) is 0. The Balaban J connectivity index is 1.64. The average Bonchev–Trinajstić information content (AvgIpc) is 2.98. The second kappa shape index (κ2) is 5.64. The van der Waals surface area contributed by atoms with Crippen molar-refractivity contribution in [1.29, 1.82) is 0 Å². The fraction of sp³-hybridized carbons (Fsp3) is 0.571. The van der Waals surface area contributed by atoms with Gasteiger partial charge in [0.2, 0.25) is 0 Å². The van der Waals surface area contributed by atoms with E-state index in [4.69, 9.17) is 4.74 Å². The summed E-state index contributed by atoms with van der Waals surface area (Å²) < 4.78 is 6.81. The maximum Gasteiger partial charge on any atom is 0.127 e. The predicted octanol–water partition coefficient (Wildman–Crippen LogP) is 2.34. The largest absolute Gasteiger partial charge is 0.493 e. The summed E-state index contributed by atoms with van der Waals surface area (Å²) in [6.07, 6.45) is 1.88. The van der Waals surface area contributed by atoms with Gasteiger partial charge in [-0.1, -0.05) is 15.9 Å². The number of ether oxygens (including phenoxy) is 1. The van der Waals surface area contributed by atoms with Crippen LogP contribution in [0.15, 0.2) is 16.6 Å². The fourth-order valence-electron chi connectivity index (χ4n) is 2.64. The molecular weight excluding hydrogens is 326 g/mol. The lowest BCUT2D eigenvalue weighted by molar-refractivity contribution is 0.0674. The molecule has 1 saturated heterocycles. The molecule has 3 nitrogen and oxygen atoms in total. The van der Waals surface area contributed by atoms with Gasteiger partial charge in [0.15, 0.2) is 0 Å². The van der Waals surface area contributed by atoms with Crippen LogP contribution in [-0.4, -0.2) is 35.4 Å². The molecule has 1 fully saturated rings. The van der Waals surface area contributed by atoms with Crippen molar-refractivity contribution in [1.82, 2.24) is 5.32 Å². The highest BCUT2D eigenvalue weighted by atomic mass is 79.9. The number of rotatable bonds is 4. The molecule has 0 amide bonds. The quantitative estimate of drug-likeness (QED) is 0.880. The summed E-state index contributed by atoms with van der Waals surface area (Å²) in [5, 5.41) is 13.7. The van der Waals surface area contributed by atoms with Crippen LogP contribution in [0.1, 0.15) is 17.5 Å². The second-order valence-electron chi connectivity index (χ2n) is 5.28. The number of aliphatic hydroxyl groups is 1. The van der Waals surface area contributed by atoms with Crippen molar-refractivity contribution in [2.24, 2.45) is 0 Å². The summed E-state index contributed by atoms with van der Waals surface area (Å²) in [6.45, 7) is 2.18. The molecule has 0 aromatic heterocycles. The Hall–Kier alpha value is -0.230. The molecule has 0 radical (unpaired) electrons. The maximum absolute atomic E-state index is 10.3. The van der Waals surface area contributed by atoms with Crippen LogP contribution in [0.5, 0.6) is 5.75 Å². The van der Waals surface area contributed by atoms with Gasteiger partial charge in [0, 0.05) is 35.3 Å². The molecule has 0 bridgehead atoms. The minimum absolute atomic E-state index is 0.527. The Morgan fingerprint density at radius 2 is 2.37 bits per heavy atom. The van der Waals surface area contributed by atoms with Gasteiger partial charge < -0.3 is 15.2 Å². The zero-order valence-electron chi connectivity index (χ0n) is 10.7. The zero-order valence-corrected chi connectivity index (χ0v) is 13.1. The van der Waals surface area contributed by atoms with E-state index in [9.17, 15) is 5.11 Å². The van der Waals surface area contributed by atoms with Gasteiger partial charge >= 0.3 is 0 Å². The summed E-state index contributed by atoms with van der Waals surface area (Å²) in [5.41, 5.74) is 1.93. The van der Waals surface area contributed by atoms with Crippen molar-refractivity contribution < 1.29 is 9.84 Å². The van der Waals surface area contributed by atoms with Crippen LogP contribution in [0, 0.1) is 0 Å². The molecule has 19 heavy (non-hydrogen) atoms. The van der Waals surface area contributed by atoms with Gasteiger partial charge in [0.25, 0.3) is 0 Å². The first-order valence-corrected chi connectivity index (χ1v) is 8.56. The van der Waals surface area contributed by atoms with Gasteiger partial charge in [0.05, 0.1) is 12.2 Å². The maximum atomic E-state index is 10.3. The number of hydrogen-bond donors (Lipinski definition) is 2. The van der Waals surface area contributed by atoms with Crippen LogP contribution in [-0.2, 0) is 13.0 Å². The van der Waals surface area contributed by atoms with Crippen molar-refractivity contribution in [3.05, 3.63) is 27.7 Å². The number of thioether (sulfide) groups is 1. The highest BCUT2D eigenvalue weighted by Gasteiger charge is 2.31. The molecule has 1 unspecified atom stereocenters. The normalized spacial score (nSPS) is 25.4. The van der Waals surface area contributed by atoms with Crippen LogP contribution < -0.4 is 10.1 Å². The molecule has 0 aliphatic carbocycles. The van der Waals surface area contributed by atoms with Gasteiger partial charge in [-0.15, -0.1) is 0 Å². The SMILES string of the molecule is OC1(CNCc2cc(Br)cc3c2OCC3)CCSC1. The lowest BCUT2D eigenvalue weighted by Crippen LogP contribution is -2.40. The summed E-state index contributed by atoms with van der Waals surface area (Å²) >= 11 is 5.38. The Labute approximate surface area is 126 Å². The second-order valence-corrected chi connectivity index (χ2v) is 7.30. The molecule has 2 aliphatic rings. The van der Waals surface area contributed by atoms with Crippen LogP contribution in [0.4, 0.5) is 0 Å². The lowest BCUT2D eigenvalue weighted by Gasteiger charge is -2.22. The molecule has 2 N–H and O–H groups in total. The van der Waals surface area contributed by atoms with Gasteiger partial charge in [-0.2, -0.15) is 11.8 Å². The standard InChI is InChI=1S/C14H18BrNO2S/c15-12-5-10-1-3-18-13(10)11(6-12)7-16-8-14(17)2-4-19-9-14/h5-6,16-17H,1-4,7-9H2. The summed E-state index contributed by atoms with van der Waals surface area (Å²) in [5.74, 6) is 2.93. The van der Waals surface area contributed by atoms with E-state index in [0.29, 0.717) is 6.54 Å². The number of fused-ring (bicyclic) bond motifs is 1. The van der Waals surface area contributed by atoms with E-state index in [1.807, 2.05) is 11.8 Å². The van der Waals surface area contributed by atoms with E-state index < -0.39 is 5.60 Å². The van der Waals surface area contributed by atoms with Gasteiger partial charge in [-0.3, -0.25) is 0 Å². The molecule has 1 aromatic rings. The molecular formula is C14H18BrNO2S. The number of benzene rings is 1. The molecule has 1 aromatic carbocycles. The van der Waals surface area contributed by atoms with Crippen molar-refractivity contribution in [3.63, 3.8) is 0 Å². The molecule has 5 heteroatoms. The zero-order chi connectivity index (χ0) is 13.3. The Morgan fingerprint density at radius 1 is 1.47 bits per heavy atom. The number of halogens is 1. The molecule has 0 saturated carbocycles. The Morgan fingerprint density at radius 3 is 3.16 bits per heavy atom. The smallest absolute Gasteiger partial charge is 0.127 e. The van der Waals surface area contributed by atoms with E-state index in [2.05, 4.69) is 33.4 Å². The van der Waals surface area contributed by atoms with Gasteiger partial charge in [-0.25, -0.2) is 0 Å². The van der Waals surface area contributed by atoms with E-state index >= 15 is 0 Å². The minimum Gasteiger partial charge on any atom is -0.493 e. The Bertz CT molecular complexity index is 475.